The molecule has 3 nitrogen and oxygen atoms in total. The van der Waals surface area contributed by atoms with Gasteiger partial charge in [-0.1, -0.05) is 38.1 Å². The first-order chi connectivity index (χ1) is 7.88. The van der Waals surface area contributed by atoms with E-state index in [4.69, 9.17) is 9.84 Å². The molecule has 0 aliphatic rings. The highest BCUT2D eigenvalue weighted by atomic mass is 16.5. The Balaban J connectivity index is 2.91. The summed E-state index contributed by atoms with van der Waals surface area (Å²) in [5, 5.41) is 8.93. The fourth-order valence-electron chi connectivity index (χ4n) is 1.81. The van der Waals surface area contributed by atoms with Crippen LogP contribution in [0, 0.1) is 0 Å². The van der Waals surface area contributed by atoms with Gasteiger partial charge in [-0.25, -0.2) is 0 Å². The molecule has 1 aromatic rings. The lowest BCUT2D eigenvalue weighted by Crippen LogP contribution is -2.23. The summed E-state index contributed by atoms with van der Waals surface area (Å²) in [5.74, 6) is -1.26. The van der Waals surface area contributed by atoms with Gasteiger partial charge in [0.15, 0.2) is 0 Å². The second-order valence-electron chi connectivity index (χ2n) is 5.00. The Morgan fingerprint density at radius 1 is 1.35 bits per heavy atom. The van der Waals surface area contributed by atoms with Crippen molar-refractivity contribution in [3.8, 4) is 0 Å². The smallest absolute Gasteiger partial charge is 0.310 e. The molecule has 1 aromatic carbocycles. The van der Waals surface area contributed by atoms with Crippen LogP contribution in [0.1, 0.15) is 37.8 Å². The zero-order chi connectivity index (χ0) is 13.1. The minimum atomic E-state index is -0.797. The standard InChI is InChI=1S/C14H20O3/c1-10(13(15)16)11-5-7-12(8-6-11)14(2,3)9-17-4/h5-8,10H,9H2,1-4H3,(H,15,16). The highest BCUT2D eigenvalue weighted by Gasteiger charge is 2.21. The van der Waals surface area contributed by atoms with Crippen LogP contribution < -0.4 is 0 Å². The zero-order valence-electron chi connectivity index (χ0n) is 10.9. The van der Waals surface area contributed by atoms with Crippen LogP contribution in [-0.4, -0.2) is 24.8 Å². The molecule has 1 atom stereocenters. The van der Waals surface area contributed by atoms with E-state index < -0.39 is 11.9 Å². The molecule has 1 rings (SSSR count). The van der Waals surface area contributed by atoms with Crippen molar-refractivity contribution in [1.82, 2.24) is 0 Å². The highest BCUT2D eigenvalue weighted by Crippen LogP contribution is 2.25. The fraction of sp³-hybridized carbons (Fsp3) is 0.500. The third-order valence-corrected chi connectivity index (χ3v) is 3.07. The van der Waals surface area contributed by atoms with Crippen molar-refractivity contribution in [3.63, 3.8) is 0 Å². The molecule has 0 radical (unpaired) electrons. The van der Waals surface area contributed by atoms with Gasteiger partial charge in [0.2, 0.25) is 0 Å². The second-order valence-corrected chi connectivity index (χ2v) is 5.00. The molecule has 1 N–H and O–H groups in total. The van der Waals surface area contributed by atoms with Gasteiger partial charge in [0.05, 0.1) is 12.5 Å². The van der Waals surface area contributed by atoms with Crippen LogP contribution in [0.15, 0.2) is 24.3 Å². The van der Waals surface area contributed by atoms with Crippen molar-refractivity contribution in [2.24, 2.45) is 0 Å². The SMILES string of the molecule is COCC(C)(C)c1ccc(C(C)C(=O)O)cc1. The Morgan fingerprint density at radius 3 is 2.29 bits per heavy atom. The highest BCUT2D eigenvalue weighted by molar-refractivity contribution is 5.75. The van der Waals surface area contributed by atoms with Crippen molar-refractivity contribution in [3.05, 3.63) is 35.4 Å². The molecule has 0 fully saturated rings. The number of carbonyl (C=O) groups is 1. The third-order valence-electron chi connectivity index (χ3n) is 3.07. The molecule has 0 heterocycles. The molecule has 0 spiro atoms. The number of aliphatic carboxylic acids is 1. The Hall–Kier alpha value is -1.35. The van der Waals surface area contributed by atoms with E-state index in [1.54, 1.807) is 14.0 Å². The second kappa shape index (κ2) is 5.32. The monoisotopic (exact) mass is 236 g/mol. The predicted molar refractivity (Wildman–Crippen MR) is 67.4 cm³/mol. The summed E-state index contributed by atoms with van der Waals surface area (Å²) >= 11 is 0. The number of carboxylic acids is 1. The van der Waals surface area contributed by atoms with Gasteiger partial charge in [-0.05, 0) is 18.1 Å². The van der Waals surface area contributed by atoms with Crippen LogP contribution in [-0.2, 0) is 14.9 Å². The average molecular weight is 236 g/mol. The Bertz CT molecular complexity index is 379. The van der Waals surface area contributed by atoms with E-state index in [0.29, 0.717) is 6.61 Å². The maximum Gasteiger partial charge on any atom is 0.310 e. The largest absolute Gasteiger partial charge is 0.481 e. The predicted octanol–water partition coefficient (Wildman–Crippen LogP) is 2.80. The fourth-order valence-corrected chi connectivity index (χ4v) is 1.81. The number of carboxylic acid groups (broad SMARTS) is 1. The van der Waals surface area contributed by atoms with E-state index in [0.717, 1.165) is 11.1 Å². The summed E-state index contributed by atoms with van der Waals surface area (Å²) < 4.78 is 5.18. The van der Waals surface area contributed by atoms with Gasteiger partial charge < -0.3 is 9.84 Å². The third kappa shape index (κ3) is 3.30. The van der Waals surface area contributed by atoms with Gasteiger partial charge in [0.1, 0.15) is 0 Å². The maximum atomic E-state index is 10.9. The van der Waals surface area contributed by atoms with Crippen LogP contribution >= 0.6 is 0 Å². The molecule has 0 amide bonds. The van der Waals surface area contributed by atoms with E-state index in [2.05, 4.69) is 13.8 Å². The minimum absolute atomic E-state index is 0.0558. The van der Waals surface area contributed by atoms with Crippen molar-refractivity contribution in [2.75, 3.05) is 13.7 Å². The molecule has 0 saturated carbocycles. The van der Waals surface area contributed by atoms with Crippen LogP contribution in [0.5, 0.6) is 0 Å². The number of methoxy groups -OCH3 is 1. The molecule has 1 unspecified atom stereocenters. The lowest BCUT2D eigenvalue weighted by atomic mass is 9.84. The molecule has 0 bridgehead atoms. The molecule has 0 aliphatic carbocycles. The van der Waals surface area contributed by atoms with Gasteiger partial charge in [0, 0.05) is 12.5 Å². The van der Waals surface area contributed by atoms with Crippen molar-refractivity contribution in [1.29, 1.82) is 0 Å². The van der Waals surface area contributed by atoms with Gasteiger partial charge in [0.25, 0.3) is 0 Å². The first-order valence-electron chi connectivity index (χ1n) is 5.70. The lowest BCUT2D eigenvalue weighted by Gasteiger charge is -2.24. The van der Waals surface area contributed by atoms with Crippen molar-refractivity contribution < 1.29 is 14.6 Å². The zero-order valence-corrected chi connectivity index (χ0v) is 10.9. The van der Waals surface area contributed by atoms with E-state index in [9.17, 15) is 4.79 Å². The summed E-state index contributed by atoms with van der Waals surface area (Å²) in [4.78, 5) is 10.9. The average Bonchev–Trinajstić information content (AvgIpc) is 2.28. The van der Waals surface area contributed by atoms with Crippen LogP contribution in [0.3, 0.4) is 0 Å². The normalized spacial score (nSPS) is 13.4. The van der Waals surface area contributed by atoms with Crippen molar-refractivity contribution >= 4 is 5.97 Å². The maximum absolute atomic E-state index is 10.9. The van der Waals surface area contributed by atoms with Crippen LogP contribution in [0.2, 0.25) is 0 Å². The summed E-state index contributed by atoms with van der Waals surface area (Å²) in [7, 11) is 1.68. The molecule has 0 saturated heterocycles. The number of ether oxygens (including phenoxy) is 1. The lowest BCUT2D eigenvalue weighted by molar-refractivity contribution is -0.138. The molecular weight excluding hydrogens is 216 g/mol. The first kappa shape index (κ1) is 13.7. The molecular formula is C14H20O3. The van der Waals surface area contributed by atoms with Crippen LogP contribution in [0.25, 0.3) is 0 Å². The Labute approximate surface area is 102 Å². The summed E-state index contributed by atoms with van der Waals surface area (Å²) in [6.45, 7) is 6.54. The Kier molecular flexibility index (Phi) is 4.29. The summed E-state index contributed by atoms with van der Waals surface area (Å²) in [5.41, 5.74) is 1.93. The van der Waals surface area contributed by atoms with Crippen LogP contribution in [0.4, 0.5) is 0 Å². The Morgan fingerprint density at radius 2 is 1.88 bits per heavy atom. The molecule has 0 aliphatic heterocycles. The van der Waals surface area contributed by atoms with E-state index in [-0.39, 0.29) is 5.41 Å². The number of benzene rings is 1. The van der Waals surface area contributed by atoms with E-state index in [1.807, 2.05) is 24.3 Å². The molecule has 3 heteroatoms. The minimum Gasteiger partial charge on any atom is -0.481 e. The van der Waals surface area contributed by atoms with Gasteiger partial charge in [-0.15, -0.1) is 0 Å². The van der Waals surface area contributed by atoms with E-state index in [1.165, 1.54) is 0 Å². The molecule has 17 heavy (non-hydrogen) atoms. The molecule has 94 valence electrons. The van der Waals surface area contributed by atoms with Gasteiger partial charge in [-0.2, -0.15) is 0 Å². The molecule has 0 aromatic heterocycles. The summed E-state index contributed by atoms with van der Waals surface area (Å²) in [6, 6.07) is 7.72. The van der Waals surface area contributed by atoms with Gasteiger partial charge in [-0.3, -0.25) is 4.79 Å². The summed E-state index contributed by atoms with van der Waals surface area (Å²) in [6.07, 6.45) is 0. The van der Waals surface area contributed by atoms with Crippen molar-refractivity contribution in [2.45, 2.75) is 32.1 Å². The number of hydrogen-bond donors (Lipinski definition) is 1. The quantitative estimate of drug-likeness (QED) is 0.855. The number of hydrogen-bond acceptors (Lipinski definition) is 2. The topological polar surface area (TPSA) is 46.5 Å². The van der Waals surface area contributed by atoms with Gasteiger partial charge >= 0.3 is 5.97 Å². The number of rotatable bonds is 5. The first-order valence-corrected chi connectivity index (χ1v) is 5.70. The van der Waals surface area contributed by atoms with E-state index >= 15 is 0 Å².